The highest BCUT2D eigenvalue weighted by molar-refractivity contribution is 7.98. The molecular formula is C11H13ClOS. The topological polar surface area (TPSA) is 17.1 Å². The summed E-state index contributed by atoms with van der Waals surface area (Å²) in [5, 5.41) is 0. The van der Waals surface area contributed by atoms with Crippen LogP contribution in [0.5, 0.6) is 0 Å². The van der Waals surface area contributed by atoms with Crippen molar-refractivity contribution in [3.63, 3.8) is 0 Å². The van der Waals surface area contributed by atoms with E-state index in [1.54, 1.807) is 18.7 Å². The predicted octanol–water partition coefficient (Wildman–Crippen LogP) is 3.28. The van der Waals surface area contributed by atoms with Gasteiger partial charge in [-0.15, -0.1) is 23.4 Å². The lowest BCUT2D eigenvalue weighted by molar-refractivity contribution is -0.116. The minimum absolute atomic E-state index is 0.176. The molecule has 0 aliphatic heterocycles. The van der Waals surface area contributed by atoms with Crippen LogP contribution in [0.1, 0.15) is 18.1 Å². The summed E-state index contributed by atoms with van der Waals surface area (Å²) in [6.07, 6.45) is 2.50. The zero-order valence-electron chi connectivity index (χ0n) is 8.34. The molecule has 3 heteroatoms. The first kappa shape index (κ1) is 11.6. The predicted molar refractivity (Wildman–Crippen MR) is 62.2 cm³/mol. The van der Waals surface area contributed by atoms with Gasteiger partial charge in [-0.05, 0) is 30.4 Å². The van der Waals surface area contributed by atoms with E-state index in [0.29, 0.717) is 12.3 Å². The van der Waals surface area contributed by atoms with Crippen LogP contribution in [-0.4, -0.2) is 12.0 Å². The van der Waals surface area contributed by atoms with E-state index in [0.717, 1.165) is 11.1 Å². The maximum absolute atomic E-state index is 11.0. The summed E-state index contributed by atoms with van der Waals surface area (Å²) in [6.45, 7) is 1.60. The van der Waals surface area contributed by atoms with Gasteiger partial charge in [-0.2, -0.15) is 0 Å². The van der Waals surface area contributed by atoms with Gasteiger partial charge in [0.15, 0.2) is 0 Å². The molecule has 1 aromatic carbocycles. The lowest BCUT2D eigenvalue weighted by atomic mass is 10.0. The van der Waals surface area contributed by atoms with Gasteiger partial charge in [-0.1, -0.05) is 12.1 Å². The SMILES string of the molecule is CSc1cccc(CC(C)=O)c1CCl. The quantitative estimate of drug-likeness (QED) is 0.581. The van der Waals surface area contributed by atoms with Crippen molar-refractivity contribution < 1.29 is 4.79 Å². The molecule has 1 aromatic rings. The Morgan fingerprint density at radius 3 is 2.71 bits per heavy atom. The molecule has 0 saturated heterocycles. The lowest BCUT2D eigenvalue weighted by Crippen LogP contribution is -2.01. The molecule has 0 heterocycles. The minimum atomic E-state index is 0.176. The Bertz CT molecular complexity index is 336. The Labute approximate surface area is 93.8 Å². The van der Waals surface area contributed by atoms with Gasteiger partial charge in [0.2, 0.25) is 0 Å². The number of thioether (sulfide) groups is 1. The third-order valence-electron chi connectivity index (χ3n) is 2.02. The van der Waals surface area contributed by atoms with Gasteiger partial charge in [-0.3, -0.25) is 4.79 Å². The molecule has 0 aromatic heterocycles. The lowest BCUT2D eigenvalue weighted by Gasteiger charge is -2.09. The molecule has 0 bridgehead atoms. The highest BCUT2D eigenvalue weighted by atomic mass is 35.5. The molecule has 0 amide bonds. The molecule has 1 rings (SSSR count). The molecule has 0 fully saturated rings. The molecule has 1 nitrogen and oxygen atoms in total. The van der Waals surface area contributed by atoms with E-state index in [4.69, 9.17) is 11.6 Å². The second-order valence-corrected chi connectivity index (χ2v) is 4.23. The third kappa shape index (κ3) is 2.76. The number of carbonyl (C=O) groups excluding carboxylic acids is 1. The molecule has 76 valence electrons. The van der Waals surface area contributed by atoms with E-state index in [1.165, 1.54) is 4.90 Å². The number of rotatable bonds is 4. The van der Waals surface area contributed by atoms with Crippen molar-refractivity contribution in [2.75, 3.05) is 6.26 Å². The maximum atomic E-state index is 11.0. The minimum Gasteiger partial charge on any atom is -0.300 e. The maximum Gasteiger partial charge on any atom is 0.134 e. The van der Waals surface area contributed by atoms with Crippen LogP contribution in [0.4, 0.5) is 0 Å². The van der Waals surface area contributed by atoms with Crippen LogP contribution < -0.4 is 0 Å². The van der Waals surface area contributed by atoms with Gasteiger partial charge in [0.05, 0.1) is 0 Å². The van der Waals surface area contributed by atoms with E-state index in [1.807, 2.05) is 24.5 Å². The van der Waals surface area contributed by atoms with E-state index in [-0.39, 0.29) is 5.78 Å². The average Bonchev–Trinajstić information content (AvgIpc) is 2.16. The van der Waals surface area contributed by atoms with Crippen LogP contribution >= 0.6 is 23.4 Å². The van der Waals surface area contributed by atoms with Crippen LogP contribution in [0.25, 0.3) is 0 Å². The smallest absolute Gasteiger partial charge is 0.134 e. The first-order valence-electron chi connectivity index (χ1n) is 4.39. The number of alkyl halides is 1. The zero-order chi connectivity index (χ0) is 10.6. The van der Waals surface area contributed by atoms with Crippen LogP contribution in [0.15, 0.2) is 23.1 Å². The summed E-state index contributed by atoms with van der Waals surface area (Å²) < 4.78 is 0. The molecule has 0 atom stereocenters. The van der Waals surface area contributed by atoms with Crippen molar-refractivity contribution in [3.05, 3.63) is 29.3 Å². The number of hydrogen-bond acceptors (Lipinski definition) is 2. The number of Topliss-reactive ketones (excluding diaryl/α,β-unsaturated/α-hetero) is 1. The Balaban J connectivity index is 3.08. The number of ketones is 1. The normalized spacial score (nSPS) is 10.2. The summed E-state index contributed by atoms with van der Waals surface area (Å²) >= 11 is 7.54. The molecule has 0 spiro atoms. The van der Waals surface area contributed by atoms with E-state index in [9.17, 15) is 4.79 Å². The number of carbonyl (C=O) groups is 1. The Morgan fingerprint density at radius 2 is 2.21 bits per heavy atom. The van der Waals surface area contributed by atoms with Crippen molar-refractivity contribution in [3.8, 4) is 0 Å². The number of halogens is 1. The third-order valence-corrected chi connectivity index (χ3v) is 3.11. The number of benzene rings is 1. The fraction of sp³-hybridized carbons (Fsp3) is 0.364. The summed E-state index contributed by atoms with van der Waals surface area (Å²) in [6, 6.07) is 5.98. The first-order chi connectivity index (χ1) is 6.69. The molecule has 0 unspecified atom stereocenters. The highest BCUT2D eigenvalue weighted by Crippen LogP contribution is 2.25. The van der Waals surface area contributed by atoms with E-state index >= 15 is 0 Å². The van der Waals surface area contributed by atoms with Gasteiger partial charge in [0.25, 0.3) is 0 Å². The summed E-state index contributed by atoms with van der Waals surface area (Å²) in [5.74, 6) is 0.647. The zero-order valence-corrected chi connectivity index (χ0v) is 9.91. The van der Waals surface area contributed by atoms with Crippen LogP contribution in [0.2, 0.25) is 0 Å². The molecule has 0 aliphatic carbocycles. The average molecular weight is 229 g/mol. The van der Waals surface area contributed by atoms with Crippen molar-refractivity contribution in [2.45, 2.75) is 24.1 Å². The van der Waals surface area contributed by atoms with Gasteiger partial charge < -0.3 is 0 Å². The molecule has 14 heavy (non-hydrogen) atoms. The molecule has 0 saturated carbocycles. The molecular weight excluding hydrogens is 216 g/mol. The van der Waals surface area contributed by atoms with E-state index < -0.39 is 0 Å². The van der Waals surface area contributed by atoms with E-state index in [2.05, 4.69) is 0 Å². The molecule has 0 N–H and O–H groups in total. The fourth-order valence-electron chi connectivity index (χ4n) is 1.39. The van der Waals surface area contributed by atoms with Crippen molar-refractivity contribution in [2.24, 2.45) is 0 Å². The van der Waals surface area contributed by atoms with Crippen molar-refractivity contribution >= 4 is 29.1 Å². The second kappa shape index (κ2) is 5.42. The van der Waals surface area contributed by atoms with Crippen molar-refractivity contribution in [1.29, 1.82) is 0 Å². The van der Waals surface area contributed by atoms with Crippen LogP contribution in [0, 0.1) is 0 Å². The van der Waals surface area contributed by atoms with Gasteiger partial charge in [0, 0.05) is 17.2 Å². The first-order valence-corrected chi connectivity index (χ1v) is 6.15. The standard InChI is InChI=1S/C11H13ClOS/c1-8(13)6-9-4-3-5-11(14-2)10(9)7-12/h3-5H,6-7H2,1-2H3. The van der Waals surface area contributed by atoms with Gasteiger partial charge >= 0.3 is 0 Å². The Hall–Kier alpha value is -0.470. The summed E-state index contributed by atoms with van der Waals surface area (Å²) in [4.78, 5) is 12.2. The molecule has 0 radical (unpaired) electrons. The monoisotopic (exact) mass is 228 g/mol. The number of hydrogen-bond donors (Lipinski definition) is 0. The second-order valence-electron chi connectivity index (χ2n) is 3.11. The Kier molecular flexibility index (Phi) is 4.49. The summed E-state index contributed by atoms with van der Waals surface area (Å²) in [7, 11) is 0. The van der Waals surface area contributed by atoms with Crippen LogP contribution in [0.3, 0.4) is 0 Å². The van der Waals surface area contributed by atoms with Crippen molar-refractivity contribution in [1.82, 2.24) is 0 Å². The fourth-order valence-corrected chi connectivity index (χ4v) is 2.45. The molecule has 0 aliphatic rings. The van der Waals surface area contributed by atoms with Gasteiger partial charge in [-0.25, -0.2) is 0 Å². The van der Waals surface area contributed by atoms with Crippen LogP contribution in [-0.2, 0) is 17.1 Å². The summed E-state index contributed by atoms with van der Waals surface area (Å²) in [5.41, 5.74) is 2.15. The largest absolute Gasteiger partial charge is 0.300 e. The highest BCUT2D eigenvalue weighted by Gasteiger charge is 2.07. The van der Waals surface area contributed by atoms with Gasteiger partial charge in [0.1, 0.15) is 5.78 Å². The Morgan fingerprint density at radius 1 is 1.50 bits per heavy atom.